The summed E-state index contributed by atoms with van der Waals surface area (Å²) in [5, 5.41) is 1.81. The van der Waals surface area contributed by atoms with Crippen molar-refractivity contribution in [2.24, 2.45) is 0 Å². The number of hydrogen-bond donors (Lipinski definition) is 1. The van der Waals surface area contributed by atoms with Crippen LogP contribution in [0, 0.1) is 0 Å². The summed E-state index contributed by atoms with van der Waals surface area (Å²) in [6.45, 7) is 0.145. The second-order valence-corrected chi connectivity index (χ2v) is 4.42. The normalized spacial score (nSPS) is 15.7. The Hall–Kier alpha value is -2.36. The molecule has 2 aromatic rings. The summed E-state index contributed by atoms with van der Waals surface area (Å²) in [7, 11) is 0. The van der Waals surface area contributed by atoms with Gasteiger partial charge in [0.2, 0.25) is 5.91 Å². The lowest BCUT2D eigenvalue weighted by atomic mass is 10.1. The Balaban J connectivity index is 2.23. The lowest BCUT2D eigenvalue weighted by Gasteiger charge is -2.18. The van der Waals surface area contributed by atoms with Crippen molar-refractivity contribution in [2.45, 2.75) is 6.42 Å². The Morgan fingerprint density at radius 1 is 1.06 bits per heavy atom. The minimum Gasteiger partial charge on any atom is -0.398 e. The number of Topliss-reactive ketones (excluding diaryl/α,β-unsaturated/α-hetero) is 1. The summed E-state index contributed by atoms with van der Waals surface area (Å²) < 4.78 is 0. The van der Waals surface area contributed by atoms with Gasteiger partial charge >= 0.3 is 0 Å². The van der Waals surface area contributed by atoms with Gasteiger partial charge in [0, 0.05) is 11.1 Å². The molecule has 0 radical (unpaired) electrons. The van der Waals surface area contributed by atoms with E-state index in [2.05, 4.69) is 0 Å². The number of carbonyl (C=O) groups excluding carboxylic acids is 2. The Morgan fingerprint density at radius 2 is 1.78 bits per heavy atom. The highest BCUT2D eigenvalue weighted by molar-refractivity contribution is 6.18. The first kappa shape index (κ1) is 10.8. The first-order valence-electron chi connectivity index (χ1n) is 5.76. The number of hydrogen-bond acceptors (Lipinski definition) is 3. The van der Waals surface area contributed by atoms with E-state index in [0.29, 0.717) is 5.69 Å². The SMILES string of the molecule is Nc1cccc2cccc(N3CC(=O)CC3=O)c12. The van der Waals surface area contributed by atoms with E-state index in [0.717, 1.165) is 16.5 Å². The number of ketones is 1. The van der Waals surface area contributed by atoms with Crippen molar-refractivity contribution >= 4 is 33.8 Å². The molecule has 0 bridgehead atoms. The number of carbonyl (C=O) groups is 2. The number of rotatable bonds is 1. The Kier molecular flexibility index (Phi) is 2.30. The molecule has 90 valence electrons. The topological polar surface area (TPSA) is 63.4 Å². The van der Waals surface area contributed by atoms with Crippen molar-refractivity contribution in [3.63, 3.8) is 0 Å². The van der Waals surface area contributed by atoms with Crippen LogP contribution in [0.25, 0.3) is 10.8 Å². The molecule has 2 aromatic carbocycles. The minimum absolute atomic E-state index is 0.0108. The van der Waals surface area contributed by atoms with Crippen LogP contribution in [0.3, 0.4) is 0 Å². The molecule has 1 fully saturated rings. The van der Waals surface area contributed by atoms with Crippen LogP contribution in [0.15, 0.2) is 36.4 Å². The first-order chi connectivity index (χ1) is 8.66. The van der Waals surface area contributed by atoms with Gasteiger partial charge < -0.3 is 10.6 Å². The van der Waals surface area contributed by atoms with Gasteiger partial charge in [0.25, 0.3) is 0 Å². The maximum absolute atomic E-state index is 11.8. The molecule has 1 aliphatic heterocycles. The Labute approximate surface area is 104 Å². The van der Waals surface area contributed by atoms with Crippen LogP contribution in [-0.2, 0) is 9.59 Å². The van der Waals surface area contributed by atoms with Crippen molar-refractivity contribution in [1.82, 2.24) is 0 Å². The highest BCUT2D eigenvalue weighted by Gasteiger charge is 2.29. The average Bonchev–Trinajstić information content (AvgIpc) is 2.68. The number of nitrogen functional groups attached to an aromatic ring is 1. The van der Waals surface area contributed by atoms with E-state index < -0.39 is 0 Å². The van der Waals surface area contributed by atoms with E-state index >= 15 is 0 Å². The van der Waals surface area contributed by atoms with Crippen molar-refractivity contribution in [1.29, 1.82) is 0 Å². The van der Waals surface area contributed by atoms with Crippen molar-refractivity contribution in [3.05, 3.63) is 36.4 Å². The molecule has 0 atom stereocenters. The Morgan fingerprint density at radius 3 is 2.44 bits per heavy atom. The molecule has 3 rings (SSSR count). The third-order valence-corrected chi connectivity index (χ3v) is 3.19. The second kappa shape index (κ2) is 3.84. The standard InChI is InChI=1S/C14H12N2O2/c15-11-5-1-3-9-4-2-6-12(14(9)11)16-8-10(17)7-13(16)18/h1-6H,7-8,15H2. The van der Waals surface area contributed by atoms with Crippen LogP contribution in [0.1, 0.15) is 6.42 Å². The van der Waals surface area contributed by atoms with Crippen molar-refractivity contribution < 1.29 is 9.59 Å². The molecule has 18 heavy (non-hydrogen) atoms. The molecule has 2 N–H and O–H groups in total. The third kappa shape index (κ3) is 1.54. The fraction of sp³-hybridized carbons (Fsp3) is 0.143. The van der Waals surface area contributed by atoms with Crippen LogP contribution in [-0.4, -0.2) is 18.2 Å². The fourth-order valence-electron chi connectivity index (χ4n) is 2.38. The van der Waals surface area contributed by atoms with E-state index in [-0.39, 0.29) is 24.7 Å². The number of anilines is 2. The molecule has 1 aliphatic rings. The van der Waals surface area contributed by atoms with Gasteiger partial charge in [0.15, 0.2) is 5.78 Å². The first-order valence-corrected chi connectivity index (χ1v) is 5.76. The molecular formula is C14H12N2O2. The van der Waals surface area contributed by atoms with Gasteiger partial charge in [-0.05, 0) is 17.5 Å². The third-order valence-electron chi connectivity index (χ3n) is 3.19. The molecule has 1 amide bonds. The molecule has 0 aromatic heterocycles. The summed E-state index contributed by atoms with van der Waals surface area (Å²) in [6, 6.07) is 11.3. The molecule has 0 unspecified atom stereocenters. The zero-order valence-corrected chi connectivity index (χ0v) is 9.72. The monoisotopic (exact) mass is 240 g/mol. The number of amides is 1. The fourth-order valence-corrected chi connectivity index (χ4v) is 2.38. The van der Waals surface area contributed by atoms with Crippen LogP contribution < -0.4 is 10.6 Å². The number of benzene rings is 2. The van der Waals surface area contributed by atoms with Crippen LogP contribution in [0.5, 0.6) is 0 Å². The van der Waals surface area contributed by atoms with Gasteiger partial charge in [0.05, 0.1) is 18.7 Å². The van der Waals surface area contributed by atoms with E-state index in [9.17, 15) is 9.59 Å². The van der Waals surface area contributed by atoms with Gasteiger partial charge in [-0.2, -0.15) is 0 Å². The smallest absolute Gasteiger partial charge is 0.234 e. The van der Waals surface area contributed by atoms with E-state index in [1.807, 2.05) is 30.3 Å². The highest BCUT2D eigenvalue weighted by atomic mass is 16.2. The number of nitrogens with zero attached hydrogens (tertiary/aromatic N) is 1. The van der Waals surface area contributed by atoms with E-state index in [1.165, 1.54) is 4.90 Å². The van der Waals surface area contributed by atoms with Crippen molar-refractivity contribution in [2.75, 3.05) is 17.2 Å². The summed E-state index contributed by atoms with van der Waals surface area (Å²) >= 11 is 0. The minimum atomic E-state index is -0.157. The van der Waals surface area contributed by atoms with Crippen LogP contribution in [0.2, 0.25) is 0 Å². The Bertz CT molecular complexity index is 659. The molecule has 1 heterocycles. The van der Waals surface area contributed by atoms with Crippen LogP contribution in [0.4, 0.5) is 11.4 Å². The van der Waals surface area contributed by atoms with Gasteiger partial charge in [-0.3, -0.25) is 9.59 Å². The predicted octanol–water partition coefficient (Wildman–Crippen LogP) is 1.73. The largest absolute Gasteiger partial charge is 0.398 e. The molecule has 4 heteroatoms. The molecule has 0 saturated carbocycles. The number of fused-ring (bicyclic) bond motifs is 1. The maximum Gasteiger partial charge on any atom is 0.234 e. The lowest BCUT2D eigenvalue weighted by molar-refractivity contribution is -0.121. The highest BCUT2D eigenvalue weighted by Crippen LogP contribution is 2.33. The molecule has 0 aliphatic carbocycles. The van der Waals surface area contributed by atoms with E-state index in [4.69, 9.17) is 5.73 Å². The second-order valence-electron chi connectivity index (χ2n) is 4.42. The van der Waals surface area contributed by atoms with Gasteiger partial charge in [0.1, 0.15) is 0 Å². The quantitative estimate of drug-likeness (QED) is 0.610. The summed E-state index contributed by atoms with van der Waals surface area (Å²) in [5.74, 6) is -0.206. The molecule has 0 spiro atoms. The van der Waals surface area contributed by atoms with Crippen LogP contribution >= 0.6 is 0 Å². The summed E-state index contributed by atoms with van der Waals surface area (Å²) in [4.78, 5) is 24.7. The zero-order valence-electron chi connectivity index (χ0n) is 9.72. The zero-order chi connectivity index (χ0) is 12.7. The molecule has 1 saturated heterocycles. The molecule has 4 nitrogen and oxygen atoms in total. The predicted molar refractivity (Wildman–Crippen MR) is 70.3 cm³/mol. The summed E-state index contributed by atoms with van der Waals surface area (Å²) in [6.07, 6.45) is -0.0108. The lowest BCUT2D eigenvalue weighted by Crippen LogP contribution is -2.24. The maximum atomic E-state index is 11.8. The van der Waals surface area contributed by atoms with Gasteiger partial charge in [-0.15, -0.1) is 0 Å². The van der Waals surface area contributed by atoms with Crippen molar-refractivity contribution in [3.8, 4) is 0 Å². The summed E-state index contributed by atoms with van der Waals surface area (Å²) in [5.41, 5.74) is 7.33. The number of nitrogens with two attached hydrogens (primary N) is 1. The molecular weight excluding hydrogens is 228 g/mol. The van der Waals surface area contributed by atoms with Gasteiger partial charge in [-0.25, -0.2) is 0 Å². The van der Waals surface area contributed by atoms with E-state index in [1.54, 1.807) is 6.07 Å². The van der Waals surface area contributed by atoms with Gasteiger partial charge in [-0.1, -0.05) is 24.3 Å². The average molecular weight is 240 g/mol.